The minimum atomic E-state index is -0.293. The second kappa shape index (κ2) is 10.0. The minimum Gasteiger partial charge on any atom is -0.466 e. The summed E-state index contributed by atoms with van der Waals surface area (Å²) in [6, 6.07) is 5.16. The molecule has 1 aliphatic heterocycles. The number of likely N-dealkylation sites (N-methyl/N-ethyl adjacent to an activating group) is 1. The first-order valence-electron chi connectivity index (χ1n) is 9.15. The van der Waals surface area contributed by atoms with E-state index in [1.54, 1.807) is 30.0 Å². The number of nitrogens with zero attached hydrogens (tertiary/aromatic N) is 2. The quantitative estimate of drug-likeness (QED) is 0.593. The van der Waals surface area contributed by atoms with Crippen LogP contribution in [0.4, 0.5) is 0 Å². The Morgan fingerprint density at radius 2 is 1.77 bits per heavy atom. The molecule has 7 nitrogen and oxygen atoms in total. The third-order valence-electron chi connectivity index (χ3n) is 4.38. The van der Waals surface area contributed by atoms with Crippen molar-refractivity contribution in [1.82, 2.24) is 9.80 Å². The minimum absolute atomic E-state index is 0.125. The van der Waals surface area contributed by atoms with Crippen LogP contribution in [-0.4, -0.2) is 67.8 Å². The van der Waals surface area contributed by atoms with Gasteiger partial charge in [-0.25, -0.2) is 0 Å². The maximum atomic E-state index is 13.0. The van der Waals surface area contributed by atoms with Crippen molar-refractivity contribution in [2.24, 2.45) is 0 Å². The van der Waals surface area contributed by atoms with Crippen molar-refractivity contribution in [2.45, 2.75) is 27.2 Å². The fraction of sp³-hybridized carbons (Fsp3) is 0.579. The Morgan fingerprint density at radius 1 is 1.04 bits per heavy atom. The van der Waals surface area contributed by atoms with Gasteiger partial charge in [-0.15, -0.1) is 0 Å². The zero-order chi connectivity index (χ0) is 18.9. The van der Waals surface area contributed by atoms with Crippen molar-refractivity contribution >= 4 is 11.9 Å². The maximum absolute atomic E-state index is 13.0. The summed E-state index contributed by atoms with van der Waals surface area (Å²) in [7, 11) is 0. The van der Waals surface area contributed by atoms with Crippen LogP contribution in [0.15, 0.2) is 18.2 Å². The molecule has 1 heterocycles. The SMILES string of the molecule is CCOC(=O)CCN(CCN(CC)CC)C(=O)c1ccc2c(c1)OCO2. The summed E-state index contributed by atoms with van der Waals surface area (Å²) in [6.45, 7) is 9.93. The molecule has 0 unspecified atom stereocenters. The van der Waals surface area contributed by atoms with E-state index in [-0.39, 0.29) is 25.1 Å². The van der Waals surface area contributed by atoms with Gasteiger partial charge in [0.25, 0.3) is 5.91 Å². The lowest BCUT2D eigenvalue weighted by Crippen LogP contribution is -2.40. The van der Waals surface area contributed by atoms with Gasteiger partial charge < -0.3 is 24.0 Å². The summed E-state index contributed by atoms with van der Waals surface area (Å²) in [4.78, 5) is 28.6. The van der Waals surface area contributed by atoms with Crippen LogP contribution < -0.4 is 9.47 Å². The number of fused-ring (bicyclic) bond motifs is 1. The third kappa shape index (κ3) is 5.36. The van der Waals surface area contributed by atoms with Crippen LogP contribution >= 0.6 is 0 Å². The van der Waals surface area contributed by atoms with Crippen molar-refractivity contribution in [3.05, 3.63) is 23.8 Å². The summed E-state index contributed by atoms with van der Waals surface area (Å²) in [5.41, 5.74) is 0.526. The second-order valence-electron chi connectivity index (χ2n) is 5.94. The Balaban J connectivity index is 2.07. The highest BCUT2D eigenvalue weighted by molar-refractivity contribution is 5.95. The summed E-state index contributed by atoms with van der Waals surface area (Å²) in [5, 5.41) is 0. The van der Waals surface area contributed by atoms with Crippen LogP contribution in [0.3, 0.4) is 0 Å². The molecular formula is C19H28N2O5. The van der Waals surface area contributed by atoms with Crippen molar-refractivity contribution in [3.63, 3.8) is 0 Å². The maximum Gasteiger partial charge on any atom is 0.307 e. The van der Waals surface area contributed by atoms with Gasteiger partial charge in [-0.2, -0.15) is 0 Å². The van der Waals surface area contributed by atoms with Crippen molar-refractivity contribution in [3.8, 4) is 11.5 Å². The molecule has 0 radical (unpaired) electrons. The van der Waals surface area contributed by atoms with Crippen LogP contribution in [-0.2, 0) is 9.53 Å². The van der Waals surface area contributed by atoms with Crippen LogP contribution in [0.2, 0.25) is 0 Å². The van der Waals surface area contributed by atoms with Gasteiger partial charge in [0.2, 0.25) is 6.79 Å². The van der Waals surface area contributed by atoms with Crippen LogP contribution in [0, 0.1) is 0 Å². The third-order valence-corrected chi connectivity index (χ3v) is 4.38. The van der Waals surface area contributed by atoms with Crippen molar-refractivity contribution in [1.29, 1.82) is 0 Å². The molecule has 144 valence electrons. The van der Waals surface area contributed by atoms with Gasteiger partial charge in [0, 0.05) is 25.2 Å². The van der Waals surface area contributed by atoms with Gasteiger partial charge >= 0.3 is 5.97 Å². The van der Waals surface area contributed by atoms with Gasteiger partial charge in [-0.1, -0.05) is 13.8 Å². The number of hydrogen-bond acceptors (Lipinski definition) is 6. The molecule has 26 heavy (non-hydrogen) atoms. The van der Waals surface area contributed by atoms with Gasteiger partial charge in [-0.3, -0.25) is 9.59 Å². The van der Waals surface area contributed by atoms with E-state index in [1.807, 2.05) is 0 Å². The van der Waals surface area contributed by atoms with Gasteiger partial charge in [0.1, 0.15) is 0 Å². The van der Waals surface area contributed by atoms with Gasteiger partial charge in [0.15, 0.2) is 11.5 Å². The number of hydrogen-bond donors (Lipinski definition) is 0. The van der Waals surface area contributed by atoms with Crippen molar-refractivity contribution < 1.29 is 23.8 Å². The molecule has 0 aromatic heterocycles. The lowest BCUT2D eigenvalue weighted by molar-refractivity contribution is -0.143. The van der Waals surface area contributed by atoms with E-state index in [9.17, 15) is 9.59 Å². The summed E-state index contributed by atoms with van der Waals surface area (Å²) in [5.74, 6) is 0.797. The molecule has 0 N–H and O–H groups in total. The smallest absolute Gasteiger partial charge is 0.307 e. The average molecular weight is 364 g/mol. The zero-order valence-electron chi connectivity index (χ0n) is 15.8. The number of benzene rings is 1. The van der Waals surface area contributed by atoms with E-state index < -0.39 is 0 Å². The van der Waals surface area contributed by atoms with E-state index in [0.717, 1.165) is 19.6 Å². The van der Waals surface area contributed by atoms with Crippen LogP contribution in [0.1, 0.15) is 37.6 Å². The highest BCUT2D eigenvalue weighted by Crippen LogP contribution is 2.32. The summed E-state index contributed by atoms with van der Waals surface area (Å²) >= 11 is 0. The Kier molecular flexibility index (Phi) is 7.72. The topological polar surface area (TPSA) is 68.3 Å². The first-order valence-corrected chi connectivity index (χ1v) is 9.15. The largest absolute Gasteiger partial charge is 0.466 e. The standard InChI is InChI=1S/C19H28N2O5/c1-4-20(5-2)11-12-21(10-9-18(22)24-6-3)19(23)15-7-8-16-17(13-15)26-14-25-16/h7-8,13H,4-6,9-12,14H2,1-3H3. The van der Waals surface area contributed by atoms with Gasteiger partial charge in [0.05, 0.1) is 13.0 Å². The molecule has 0 fully saturated rings. The Morgan fingerprint density at radius 3 is 2.46 bits per heavy atom. The molecule has 1 aromatic carbocycles. The first-order chi connectivity index (χ1) is 12.6. The van der Waals surface area contributed by atoms with Crippen molar-refractivity contribution in [2.75, 3.05) is 46.1 Å². The number of amides is 1. The van der Waals surface area contributed by atoms with E-state index in [0.29, 0.717) is 36.8 Å². The monoisotopic (exact) mass is 364 g/mol. The molecule has 0 atom stereocenters. The molecule has 0 saturated heterocycles. The molecule has 0 aliphatic carbocycles. The number of rotatable bonds is 10. The Labute approximate surface area is 154 Å². The van der Waals surface area contributed by atoms with E-state index >= 15 is 0 Å². The highest BCUT2D eigenvalue weighted by Gasteiger charge is 2.21. The fourth-order valence-corrected chi connectivity index (χ4v) is 2.79. The molecule has 1 aromatic rings. The zero-order valence-corrected chi connectivity index (χ0v) is 15.8. The Bertz CT molecular complexity index is 616. The first kappa shape index (κ1) is 20.0. The molecule has 1 aliphatic rings. The van der Waals surface area contributed by atoms with Gasteiger partial charge in [-0.05, 0) is 38.2 Å². The normalized spacial score (nSPS) is 12.3. The number of ether oxygens (including phenoxy) is 3. The predicted octanol–water partition coefficient (Wildman–Crippen LogP) is 2.15. The van der Waals surface area contributed by atoms with Crippen LogP contribution in [0.25, 0.3) is 0 Å². The number of esters is 1. The highest BCUT2D eigenvalue weighted by atomic mass is 16.7. The van der Waals surface area contributed by atoms with E-state index in [2.05, 4.69) is 18.7 Å². The average Bonchev–Trinajstić information content (AvgIpc) is 3.12. The summed E-state index contributed by atoms with van der Waals surface area (Å²) < 4.78 is 15.6. The van der Waals surface area contributed by atoms with E-state index in [4.69, 9.17) is 14.2 Å². The van der Waals surface area contributed by atoms with E-state index in [1.165, 1.54) is 0 Å². The lowest BCUT2D eigenvalue weighted by atomic mass is 10.1. The molecule has 0 bridgehead atoms. The van der Waals surface area contributed by atoms with Crippen LogP contribution in [0.5, 0.6) is 11.5 Å². The summed E-state index contributed by atoms with van der Waals surface area (Å²) in [6.07, 6.45) is 0.183. The second-order valence-corrected chi connectivity index (χ2v) is 5.94. The molecule has 2 rings (SSSR count). The molecule has 0 saturated carbocycles. The number of carbonyl (C=O) groups excluding carboxylic acids is 2. The Hall–Kier alpha value is -2.28. The number of carbonyl (C=O) groups is 2. The fourth-order valence-electron chi connectivity index (χ4n) is 2.79. The molecule has 1 amide bonds. The molecule has 0 spiro atoms. The molecule has 7 heteroatoms. The molecular weight excluding hydrogens is 336 g/mol. The lowest BCUT2D eigenvalue weighted by Gasteiger charge is -2.26. The predicted molar refractivity (Wildman–Crippen MR) is 97.5 cm³/mol.